The third-order valence-electron chi connectivity index (χ3n) is 3.44. The van der Waals surface area contributed by atoms with Gasteiger partial charge in [0, 0.05) is 0 Å². The molecule has 0 aromatic heterocycles. The molecule has 2 rings (SSSR count). The number of nitro groups is 2. The van der Waals surface area contributed by atoms with E-state index in [0.29, 0.717) is 0 Å². The molecule has 156 valence electrons. The van der Waals surface area contributed by atoms with Crippen molar-refractivity contribution in [2.24, 2.45) is 0 Å². The largest absolute Gasteiger partial charge is 0.422 e. The maximum absolute atomic E-state index is 14.1. The summed E-state index contributed by atoms with van der Waals surface area (Å²) in [7, 11) is 0. The summed E-state index contributed by atoms with van der Waals surface area (Å²) in [5.41, 5.74) is -13.7. The Morgan fingerprint density at radius 1 is 0.552 bits per heavy atom. The summed E-state index contributed by atoms with van der Waals surface area (Å²) < 4.78 is 134. The van der Waals surface area contributed by atoms with Gasteiger partial charge in [0.15, 0.2) is 23.3 Å². The lowest BCUT2D eigenvalue weighted by Gasteiger charge is -2.14. The first-order valence-electron chi connectivity index (χ1n) is 6.57. The van der Waals surface area contributed by atoms with Gasteiger partial charge in [0.1, 0.15) is 11.1 Å². The standard InChI is InChI=1S/C13F10N2O4/c14-4-1(5(15)9(19)10(20)8(4)18)2-11(24(26)27)6(16)3(13(21,22)23)7(17)12(2)25(28)29. The Morgan fingerprint density at radius 2 is 0.862 bits per heavy atom. The Bertz CT molecular complexity index is 1010. The average Bonchev–Trinajstić information content (AvgIpc) is 2.56. The lowest BCUT2D eigenvalue weighted by atomic mass is 9.96. The first kappa shape index (κ1) is 21.8. The normalized spacial score (nSPS) is 11.7. The van der Waals surface area contributed by atoms with Gasteiger partial charge in [-0.15, -0.1) is 0 Å². The third kappa shape index (κ3) is 3.19. The van der Waals surface area contributed by atoms with E-state index in [1.54, 1.807) is 0 Å². The second kappa shape index (κ2) is 6.85. The fourth-order valence-electron chi connectivity index (χ4n) is 2.32. The second-order valence-corrected chi connectivity index (χ2v) is 5.03. The molecule has 0 heterocycles. The first-order valence-corrected chi connectivity index (χ1v) is 6.57. The van der Waals surface area contributed by atoms with Crippen LogP contribution in [-0.4, -0.2) is 9.85 Å². The maximum Gasteiger partial charge on any atom is 0.422 e. The van der Waals surface area contributed by atoms with Crippen LogP contribution in [0.15, 0.2) is 0 Å². The fraction of sp³-hybridized carbons (Fsp3) is 0.0769. The van der Waals surface area contributed by atoms with Crippen molar-refractivity contribution in [3.05, 3.63) is 66.5 Å². The minimum absolute atomic E-state index is 2.18. The van der Waals surface area contributed by atoms with E-state index in [1.165, 1.54) is 0 Å². The lowest BCUT2D eigenvalue weighted by molar-refractivity contribution is -0.396. The van der Waals surface area contributed by atoms with Crippen molar-refractivity contribution in [1.82, 2.24) is 0 Å². The Morgan fingerprint density at radius 3 is 1.14 bits per heavy atom. The molecule has 0 saturated carbocycles. The first-order chi connectivity index (χ1) is 13.1. The molecule has 16 heteroatoms. The molecule has 0 unspecified atom stereocenters. The van der Waals surface area contributed by atoms with E-state index in [2.05, 4.69) is 0 Å². The van der Waals surface area contributed by atoms with Crippen LogP contribution in [0.25, 0.3) is 11.1 Å². The van der Waals surface area contributed by atoms with E-state index in [4.69, 9.17) is 0 Å². The minimum atomic E-state index is -6.11. The van der Waals surface area contributed by atoms with E-state index < -0.39 is 84.8 Å². The fourth-order valence-corrected chi connectivity index (χ4v) is 2.32. The summed E-state index contributed by atoms with van der Waals surface area (Å²) in [6.07, 6.45) is -6.11. The van der Waals surface area contributed by atoms with E-state index in [-0.39, 0.29) is 0 Å². The third-order valence-corrected chi connectivity index (χ3v) is 3.44. The van der Waals surface area contributed by atoms with E-state index in [1.807, 2.05) is 0 Å². The Balaban J connectivity index is 3.30. The summed E-state index contributed by atoms with van der Waals surface area (Å²) >= 11 is 0. The van der Waals surface area contributed by atoms with Crippen molar-refractivity contribution in [2.75, 3.05) is 0 Å². The van der Waals surface area contributed by atoms with Crippen molar-refractivity contribution in [2.45, 2.75) is 6.18 Å². The quantitative estimate of drug-likeness (QED) is 0.218. The molecule has 0 bridgehead atoms. The second-order valence-electron chi connectivity index (χ2n) is 5.03. The summed E-state index contributed by atoms with van der Waals surface area (Å²) in [6.45, 7) is 0. The Hall–Kier alpha value is -3.46. The van der Waals surface area contributed by atoms with Crippen LogP contribution in [0.3, 0.4) is 0 Å². The zero-order chi connectivity index (χ0) is 22.6. The highest BCUT2D eigenvalue weighted by atomic mass is 19.4. The van der Waals surface area contributed by atoms with E-state index >= 15 is 0 Å². The minimum Gasteiger partial charge on any atom is -0.258 e. The van der Waals surface area contributed by atoms with Gasteiger partial charge in [-0.25, -0.2) is 22.0 Å². The highest BCUT2D eigenvalue weighted by Crippen LogP contribution is 2.49. The smallest absolute Gasteiger partial charge is 0.258 e. The van der Waals surface area contributed by atoms with Crippen LogP contribution in [0.2, 0.25) is 0 Å². The molecule has 0 amide bonds. The van der Waals surface area contributed by atoms with Gasteiger partial charge in [0.05, 0.1) is 15.4 Å². The number of nitro benzene ring substituents is 2. The highest BCUT2D eigenvalue weighted by molar-refractivity contribution is 5.84. The summed E-state index contributed by atoms with van der Waals surface area (Å²) in [6, 6.07) is 0. The van der Waals surface area contributed by atoms with Crippen LogP contribution in [-0.2, 0) is 6.18 Å². The van der Waals surface area contributed by atoms with Crippen LogP contribution in [0, 0.1) is 60.9 Å². The topological polar surface area (TPSA) is 86.3 Å². The van der Waals surface area contributed by atoms with Crippen molar-refractivity contribution < 1.29 is 53.8 Å². The molecule has 2 aromatic rings. The average molecular weight is 438 g/mol. The summed E-state index contributed by atoms with van der Waals surface area (Å²) in [4.78, 5) is 17.6. The molecule has 0 saturated heterocycles. The summed E-state index contributed by atoms with van der Waals surface area (Å²) in [5.74, 6) is -20.9. The molecule has 29 heavy (non-hydrogen) atoms. The molecule has 0 aliphatic heterocycles. The van der Waals surface area contributed by atoms with Crippen LogP contribution in [0.1, 0.15) is 5.56 Å². The highest BCUT2D eigenvalue weighted by Gasteiger charge is 2.49. The lowest BCUT2D eigenvalue weighted by Crippen LogP contribution is -2.17. The van der Waals surface area contributed by atoms with Crippen LogP contribution >= 0.6 is 0 Å². The number of alkyl halides is 3. The number of benzene rings is 2. The predicted octanol–water partition coefficient (Wildman–Crippen LogP) is 5.16. The van der Waals surface area contributed by atoms with Crippen molar-refractivity contribution >= 4 is 11.4 Å². The molecule has 0 N–H and O–H groups in total. The molecular weight excluding hydrogens is 438 g/mol. The van der Waals surface area contributed by atoms with Gasteiger partial charge < -0.3 is 0 Å². The molecule has 0 fully saturated rings. The molecule has 6 nitrogen and oxygen atoms in total. The van der Waals surface area contributed by atoms with Crippen LogP contribution < -0.4 is 0 Å². The van der Waals surface area contributed by atoms with Crippen LogP contribution in [0.5, 0.6) is 0 Å². The van der Waals surface area contributed by atoms with Gasteiger partial charge in [-0.05, 0) is 0 Å². The van der Waals surface area contributed by atoms with Crippen molar-refractivity contribution in [3.63, 3.8) is 0 Å². The molecular formula is C13F10N2O4. The monoisotopic (exact) mass is 438 g/mol. The Kier molecular flexibility index (Phi) is 5.16. The number of hydrogen-bond acceptors (Lipinski definition) is 4. The molecule has 0 aliphatic carbocycles. The van der Waals surface area contributed by atoms with Gasteiger partial charge in [-0.3, -0.25) is 20.2 Å². The predicted molar refractivity (Wildman–Crippen MR) is 69.9 cm³/mol. The van der Waals surface area contributed by atoms with Gasteiger partial charge in [0.2, 0.25) is 17.5 Å². The molecule has 0 spiro atoms. The van der Waals surface area contributed by atoms with Crippen molar-refractivity contribution in [1.29, 1.82) is 0 Å². The number of halogens is 10. The van der Waals surface area contributed by atoms with Gasteiger partial charge in [0.25, 0.3) is 0 Å². The zero-order valence-corrected chi connectivity index (χ0v) is 12.8. The van der Waals surface area contributed by atoms with Gasteiger partial charge in [-0.2, -0.15) is 22.0 Å². The van der Waals surface area contributed by atoms with Gasteiger partial charge in [-0.1, -0.05) is 0 Å². The van der Waals surface area contributed by atoms with Gasteiger partial charge >= 0.3 is 17.6 Å². The van der Waals surface area contributed by atoms with Crippen molar-refractivity contribution in [3.8, 4) is 11.1 Å². The number of rotatable bonds is 3. The number of nitrogens with zero attached hydrogens (tertiary/aromatic N) is 2. The van der Waals surface area contributed by atoms with Crippen LogP contribution in [0.4, 0.5) is 55.3 Å². The van der Waals surface area contributed by atoms with E-state index in [9.17, 15) is 64.1 Å². The molecule has 0 atom stereocenters. The number of hydrogen-bond donors (Lipinski definition) is 0. The zero-order valence-electron chi connectivity index (χ0n) is 12.8. The maximum atomic E-state index is 14.1. The molecule has 2 aromatic carbocycles. The summed E-state index contributed by atoms with van der Waals surface area (Å²) in [5, 5.41) is 22.0. The molecule has 0 radical (unpaired) electrons. The SMILES string of the molecule is O=[N+]([O-])c1c(F)c(C(F)(F)F)c(F)c([N+](=O)[O-])c1-c1c(F)c(F)c(F)c(F)c1F. The van der Waals surface area contributed by atoms with E-state index in [0.717, 1.165) is 0 Å². The Labute approximate surface area is 150 Å². The molecule has 0 aliphatic rings.